The van der Waals surface area contributed by atoms with E-state index in [0.29, 0.717) is 41.1 Å². The Morgan fingerprint density at radius 3 is 2.00 bits per heavy atom. The maximum atomic E-state index is 11.8. The lowest BCUT2D eigenvalue weighted by Gasteiger charge is -2.22. The summed E-state index contributed by atoms with van der Waals surface area (Å²) in [5.41, 5.74) is 9.23. The van der Waals surface area contributed by atoms with Crippen LogP contribution in [0.5, 0.6) is 0 Å². The molecule has 2 aromatic heterocycles. The van der Waals surface area contributed by atoms with E-state index in [1.807, 2.05) is 67.6 Å². The van der Waals surface area contributed by atoms with Crippen molar-refractivity contribution in [3.05, 3.63) is 83.6 Å². The second-order valence-electron chi connectivity index (χ2n) is 6.94. The van der Waals surface area contributed by atoms with Gasteiger partial charge in [-0.3, -0.25) is 4.79 Å². The lowest BCUT2D eigenvalue weighted by molar-refractivity contribution is -0.121. The predicted molar refractivity (Wildman–Crippen MR) is 112 cm³/mol. The van der Waals surface area contributed by atoms with E-state index in [2.05, 4.69) is 9.97 Å². The van der Waals surface area contributed by atoms with Crippen molar-refractivity contribution in [1.82, 2.24) is 14.9 Å². The van der Waals surface area contributed by atoms with Crippen LogP contribution in [-0.2, 0) is 11.3 Å². The minimum atomic E-state index is -0.778. The number of hydrogen-bond donors (Lipinski definition) is 1. The molecular weight excluding hydrogens is 380 g/mol. The molecule has 30 heavy (non-hydrogen) atoms. The lowest BCUT2D eigenvalue weighted by Crippen LogP contribution is -2.34. The molecule has 152 valence electrons. The van der Waals surface area contributed by atoms with E-state index in [-0.39, 0.29) is 6.54 Å². The van der Waals surface area contributed by atoms with Crippen molar-refractivity contribution in [3.8, 4) is 22.9 Å². The SMILES string of the molecule is Cc1oc(-c2ccccc2)nc1CN(C=O)C(N)c1nc(-c2ccccc2)oc1C. The first kappa shape index (κ1) is 19.6. The fourth-order valence-electron chi connectivity index (χ4n) is 3.20. The van der Waals surface area contributed by atoms with E-state index in [0.717, 1.165) is 11.1 Å². The first-order chi connectivity index (χ1) is 14.6. The Hall–Kier alpha value is -3.71. The Kier molecular flexibility index (Phi) is 5.45. The second-order valence-corrected chi connectivity index (χ2v) is 6.94. The topological polar surface area (TPSA) is 98.4 Å². The molecule has 1 atom stereocenters. The van der Waals surface area contributed by atoms with Gasteiger partial charge in [0, 0.05) is 11.1 Å². The number of carbonyl (C=O) groups excluding carboxylic acids is 1. The molecule has 0 bridgehead atoms. The third-order valence-corrected chi connectivity index (χ3v) is 4.87. The molecule has 2 aromatic carbocycles. The fraction of sp³-hybridized carbons (Fsp3) is 0.174. The standard InChI is InChI=1S/C23H22N4O3/c1-15-19(25-22(29-15)17-9-5-3-6-10-17)13-27(14-28)21(24)20-16(2)30-23(26-20)18-11-7-4-8-12-18/h3-12,14,21H,13,24H2,1-2H3. The minimum Gasteiger partial charge on any atom is -0.441 e. The molecule has 0 saturated carbocycles. The predicted octanol–water partition coefficient (Wildman–Crippen LogP) is 4.23. The molecule has 0 radical (unpaired) electrons. The summed E-state index contributed by atoms with van der Waals surface area (Å²) in [5.74, 6) is 2.17. The van der Waals surface area contributed by atoms with Crippen molar-refractivity contribution < 1.29 is 13.6 Å². The van der Waals surface area contributed by atoms with E-state index in [1.165, 1.54) is 4.90 Å². The maximum absolute atomic E-state index is 11.8. The van der Waals surface area contributed by atoms with Crippen LogP contribution in [0.25, 0.3) is 22.9 Å². The van der Waals surface area contributed by atoms with Crippen LogP contribution in [0.15, 0.2) is 69.5 Å². The number of nitrogens with zero attached hydrogens (tertiary/aromatic N) is 3. The van der Waals surface area contributed by atoms with Crippen LogP contribution in [0.4, 0.5) is 0 Å². The fourth-order valence-corrected chi connectivity index (χ4v) is 3.20. The van der Waals surface area contributed by atoms with Gasteiger partial charge in [0.2, 0.25) is 18.2 Å². The quantitative estimate of drug-likeness (QED) is 0.367. The number of hydrogen-bond acceptors (Lipinski definition) is 6. The van der Waals surface area contributed by atoms with Gasteiger partial charge in [0.15, 0.2) is 0 Å². The van der Waals surface area contributed by atoms with Crippen molar-refractivity contribution in [2.75, 3.05) is 0 Å². The summed E-state index contributed by atoms with van der Waals surface area (Å²) in [6.45, 7) is 3.80. The molecule has 4 aromatic rings. The molecule has 0 fully saturated rings. The lowest BCUT2D eigenvalue weighted by atomic mass is 10.2. The summed E-state index contributed by atoms with van der Waals surface area (Å²) >= 11 is 0. The molecule has 0 aliphatic rings. The largest absolute Gasteiger partial charge is 0.441 e. The van der Waals surface area contributed by atoms with Gasteiger partial charge in [-0.2, -0.15) is 0 Å². The third-order valence-electron chi connectivity index (χ3n) is 4.87. The molecule has 0 aliphatic carbocycles. The van der Waals surface area contributed by atoms with E-state index >= 15 is 0 Å². The average molecular weight is 402 g/mol. The van der Waals surface area contributed by atoms with Crippen LogP contribution in [0, 0.1) is 13.8 Å². The molecule has 0 aliphatic heterocycles. The van der Waals surface area contributed by atoms with Crippen molar-refractivity contribution in [2.24, 2.45) is 5.73 Å². The van der Waals surface area contributed by atoms with E-state index in [1.54, 1.807) is 6.92 Å². The van der Waals surface area contributed by atoms with Gasteiger partial charge in [0.25, 0.3) is 0 Å². The van der Waals surface area contributed by atoms with Gasteiger partial charge in [0.05, 0.1) is 6.54 Å². The molecule has 0 spiro atoms. The van der Waals surface area contributed by atoms with Gasteiger partial charge in [-0.15, -0.1) is 0 Å². The monoisotopic (exact) mass is 402 g/mol. The van der Waals surface area contributed by atoms with E-state index in [4.69, 9.17) is 14.6 Å². The molecule has 7 nitrogen and oxygen atoms in total. The molecule has 1 amide bonds. The first-order valence-corrected chi connectivity index (χ1v) is 9.58. The molecule has 0 saturated heterocycles. The normalized spacial score (nSPS) is 12.0. The highest BCUT2D eigenvalue weighted by Crippen LogP contribution is 2.27. The van der Waals surface area contributed by atoms with Gasteiger partial charge in [-0.25, -0.2) is 9.97 Å². The first-order valence-electron chi connectivity index (χ1n) is 9.58. The average Bonchev–Trinajstić information content (AvgIpc) is 3.35. The summed E-state index contributed by atoms with van der Waals surface area (Å²) in [6, 6.07) is 19.1. The zero-order valence-electron chi connectivity index (χ0n) is 16.8. The van der Waals surface area contributed by atoms with Crippen molar-refractivity contribution in [2.45, 2.75) is 26.6 Å². The molecular formula is C23H22N4O3. The van der Waals surface area contributed by atoms with Crippen LogP contribution >= 0.6 is 0 Å². The van der Waals surface area contributed by atoms with Gasteiger partial charge in [-0.05, 0) is 38.1 Å². The number of oxazole rings is 2. The molecule has 7 heteroatoms. The summed E-state index contributed by atoms with van der Waals surface area (Å²) < 4.78 is 11.6. The maximum Gasteiger partial charge on any atom is 0.226 e. The summed E-state index contributed by atoms with van der Waals surface area (Å²) in [7, 11) is 0. The second kappa shape index (κ2) is 8.34. The zero-order valence-corrected chi connectivity index (χ0v) is 16.8. The van der Waals surface area contributed by atoms with Gasteiger partial charge in [0.1, 0.15) is 29.1 Å². The summed E-state index contributed by atoms with van der Waals surface area (Å²) in [4.78, 5) is 22.3. The van der Waals surface area contributed by atoms with Crippen LogP contribution in [-0.4, -0.2) is 21.3 Å². The Balaban J connectivity index is 1.57. The Labute approximate surface area is 174 Å². The van der Waals surface area contributed by atoms with Crippen molar-refractivity contribution in [1.29, 1.82) is 0 Å². The van der Waals surface area contributed by atoms with Crippen LogP contribution < -0.4 is 5.73 Å². The molecule has 2 N–H and O–H groups in total. The highest BCUT2D eigenvalue weighted by atomic mass is 16.4. The number of carbonyl (C=O) groups is 1. The van der Waals surface area contributed by atoms with Crippen LogP contribution in [0.1, 0.15) is 29.1 Å². The summed E-state index contributed by atoms with van der Waals surface area (Å²) in [5, 5.41) is 0. The highest BCUT2D eigenvalue weighted by Gasteiger charge is 2.24. The van der Waals surface area contributed by atoms with Crippen LogP contribution in [0.2, 0.25) is 0 Å². The Bertz CT molecular complexity index is 1140. The van der Waals surface area contributed by atoms with Gasteiger partial charge in [-0.1, -0.05) is 36.4 Å². The molecule has 4 rings (SSSR count). The summed E-state index contributed by atoms with van der Waals surface area (Å²) in [6.07, 6.45) is -0.0860. The molecule has 1 unspecified atom stereocenters. The van der Waals surface area contributed by atoms with E-state index < -0.39 is 6.17 Å². The number of rotatable bonds is 7. The van der Waals surface area contributed by atoms with Crippen LogP contribution in [0.3, 0.4) is 0 Å². The Morgan fingerprint density at radius 2 is 1.43 bits per heavy atom. The van der Waals surface area contributed by atoms with Crippen molar-refractivity contribution in [3.63, 3.8) is 0 Å². The number of benzene rings is 2. The van der Waals surface area contributed by atoms with Crippen molar-refractivity contribution >= 4 is 6.41 Å². The van der Waals surface area contributed by atoms with E-state index in [9.17, 15) is 4.79 Å². The smallest absolute Gasteiger partial charge is 0.226 e. The number of aromatic nitrogens is 2. The number of amides is 1. The zero-order chi connectivity index (χ0) is 21.1. The minimum absolute atomic E-state index is 0.194. The number of aryl methyl sites for hydroxylation is 2. The molecule has 2 heterocycles. The third kappa shape index (κ3) is 3.88. The Morgan fingerprint density at radius 1 is 0.900 bits per heavy atom. The highest BCUT2D eigenvalue weighted by molar-refractivity contribution is 5.55. The van der Waals surface area contributed by atoms with Gasteiger partial charge < -0.3 is 19.5 Å². The van der Waals surface area contributed by atoms with Gasteiger partial charge >= 0.3 is 0 Å². The number of nitrogens with two attached hydrogens (primary N) is 1.